The monoisotopic (exact) mass is 775 g/mol. The van der Waals surface area contributed by atoms with Crippen LogP contribution >= 0.6 is 11.6 Å². The largest absolute Gasteiger partial charge is 0.507 e. The van der Waals surface area contributed by atoms with Crippen LogP contribution in [-0.4, -0.2) is 64.0 Å². The number of carbonyl (C=O) groups excluding carboxylic acids is 2. The lowest BCUT2D eigenvalue weighted by molar-refractivity contribution is -0.144. The Morgan fingerprint density at radius 2 is 1.78 bits per heavy atom. The summed E-state index contributed by atoms with van der Waals surface area (Å²) in [6.07, 6.45) is -6.01. The van der Waals surface area contributed by atoms with E-state index < -0.39 is 66.3 Å². The zero-order valence-corrected chi connectivity index (χ0v) is 30.4. The Balaban J connectivity index is 1.67. The Bertz CT molecular complexity index is 2080. The van der Waals surface area contributed by atoms with E-state index in [2.05, 4.69) is 5.32 Å². The molecule has 0 spiro atoms. The van der Waals surface area contributed by atoms with E-state index in [1.54, 1.807) is 30.9 Å². The highest BCUT2D eigenvalue weighted by atomic mass is 35.5. The number of phenolic OH excluding ortho intramolecular Hbond substituents is 1. The van der Waals surface area contributed by atoms with E-state index in [1.807, 2.05) is 0 Å². The number of pyridine rings is 1. The van der Waals surface area contributed by atoms with Gasteiger partial charge in [-0.1, -0.05) is 29.8 Å². The molecule has 1 aromatic heterocycles. The summed E-state index contributed by atoms with van der Waals surface area (Å²) in [6.45, 7) is 4.29. The van der Waals surface area contributed by atoms with Crippen LogP contribution in [0.15, 0.2) is 65.6 Å². The molecule has 15 heteroatoms. The molecule has 0 aliphatic carbocycles. The summed E-state index contributed by atoms with van der Waals surface area (Å²) in [5, 5.41) is 23.2. The van der Waals surface area contributed by atoms with Crippen LogP contribution in [0.4, 0.5) is 22.0 Å². The number of aliphatic hydroxyl groups is 1. The van der Waals surface area contributed by atoms with E-state index >= 15 is 4.39 Å². The third-order valence-electron chi connectivity index (χ3n) is 9.33. The number of aliphatic hydroxyl groups excluding tert-OH is 1. The highest BCUT2D eigenvalue weighted by Crippen LogP contribution is 2.38. The molecular weight excluding hydrogens is 737 g/mol. The molecule has 4 aromatic rings. The lowest BCUT2D eigenvalue weighted by Crippen LogP contribution is -2.49. The molecule has 5 rings (SSSR count). The smallest absolute Gasteiger partial charge is 0.416 e. The fraction of sp³-hybridized carbons (Fsp3) is 0.359. The first-order valence-electron chi connectivity index (χ1n) is 17.1. The number of esters is 1. The first-order chi connectivity index (χ1) is 25.5. The number of aryl methyl sites for hydroxylation is 2. The summed E-state index contributed by atoms with van der Waals surface area (Å²) >= 11 is 6.57. The van der Waals surface area contributed by atoms with Crippen molar-refractivity contribution < 1.29 is 46.5 Å². The highest BCUT2D eigenvalue weighted by Gasteiger charge is 2.37. The number of rotatable bonds is 13. The van der Waals surface area contributed by atoms with Gasteiger partial charge in [-0.15, -0.1) is 0 Å². The van der Waals surface area contributed by atoms with E-state index in [4.69, 9.17) is 16.3 Å². The van der Waals surface area contributed by atoms with Gasteiger partial charge in [0.05, 0.1) is 31.2 Å². The molecule has 0 saturated carbocycles. The Labute approximate surface area is 312 Å². The summed E-state index contributed by atoms with van der Waals surface area (Å²) in [6, 6.07) is 8.87. The molecule has 288 valence electrons. The highest BCUT2D eigenvalue weighted by molar-refractivity contribution is 6.31. The lowest BCUT2D eigenvalue weighted by atomic mass is 9.92. The molecule has 54 heavy (non-hydrogen) atoms. The number of benzene rings is 3. The predicted octanol–water partition coefficient (Wildman–Crippen LogP) is 6.74. The van der Waals surface area contributed by atoms with Crippen molar-refractivity contribution in [2.75, 3.05) is 26.2 Å². The van der Waals surface area contributed by atoms with Crippen LogP contribution in [0.3, 0.4) is 0 Å². The molecule has 0 radical (unpaired) electrons. The van der Waals surface area contributed by atoms with Gasteiger partial charge < -0.3 is 20.3 Å². The van der Waals surface area contributed by atoms with Crippen LogP contribution in [0.2, 0.25) is 5.02 Å². The molecular formula is C39H39ClF5N3O6. The second-order valence-corrected chi connectivity index (χ2v) is 13.6. The number of ether oxygens (including phenoxy) is 1. The summed E-state index contributed by atoms with van der Waals surface area (Å²) in [5.41, 5.74) is -1.34. The van der Waals surface area contributed by atoms with Crippen molar-refractivity contribution in [3.05, 3.63) is 121 Å². The van der Waals surface area contributed by atoms with Gasteiger partial charge in [-0.25, -0.2) is 8.78 Å². The minimum atomic E-state index is -4.95. The second kappa shape index (κ2) is 16.7. The van der Waals surface area contributed by atoms with E-state index in [-0.39, 0.29) is 71.3 Å². The molecule has 3 N–H and O–H groups in total. The molecule has 1 saturated heterocycles. The summed E-state index contributed by atoms with van der Waals surface area (Å²) in [4.78, 5) is 42.8. The van der Waals surface area contributed by atoms with E-state index in [0.717, 1.165) is 10.8 Å². The minimum absolute atomic E-state index is 0.0341. The average Bonchev–Trinajstić information content (AvgIpc) is 3.08. The lowest BCUT2D eigenvalue weighted by Gasteiger charge is -2.34. The zero-order chi connectivity index (χ0) is 39.5. The normalized spacial score (nSPS) is 14.7. The molecule has 2 atom stereocenters. The van der Waals surface area contributed by atoms with Crippen LogP contribution in [-0.2, 0) is 33.5 Å². The van der Waals surface area contributed by atoms with Gasteiger partial charge in [0, 0.05) is 53.6 Å². The topological polar surface area (TPSA) is 121 Å². The van der Waals surface area contributed by atoms with Gasteiger partial charge in [-0.3, -0.25) is 23.9 Å². The number of nitrogens with zero attached hydrogens (tertiary/aromatic N) is 2. The van der Waals surface area contributed by atoms with E-state index in [0.29, 0.717) is 22.8 Å². The molecule has 2 heterocycles. The third-order valence-corrected chi connectivity index (χ3v) is 9.68. The van der Waals surface area contributed by atoms with Gasteiger partial charge in [0.25, 0.3) is 5.56 Å². The van der Waals surface area contributed by atoms with E-state index in [9.17, 15) is 42.2 Å². The Kier molecular flexibility index (Phi) is 12.5. The third kappa shape index (κ3) is 8.94. The van der Waals surface area contributed by atoms with Crippen molar-refractivity contribution in [1.82, 2.24) is 14.8 Å². The van der Waals surface area contributed by atoms with Gasteiger partial charge in [0.2, 0.25) is 5.91 Å². The fourth-order valence-corrected chi connectivity index (χ4v) is 6.86. The summed E-state index contributed by atoms with van der Waals surface area (Å²) in [7, 11) is 0. The van der Waals surface area contributed by atoms with Crippen LogP contribution in [0, 0.1) is 19.7 Å². The van der Waals surface area contributed by atoms with Crippen LogP contribution in [0.25, 0.3) is 11.1 Å². The number of carbonyl (C=O) groups is 2. The maximum atomic E-state index is 16.1. The van der Waals surface area contributed by atoms with Gasteiger partial charge in [-0.05, 0) is 85.3 Å². The van der Waals surface area contributed by atoms with Crippen molar-refractivity contribution in [3.63, 3.8) is 0 Å². The van der Waals surface area contributed by atoms with Crippen molar-refractivity contribution in [1.29, 1.82) is 0 Å². The summed E-state index contributed by atoms with van der Waals surface area (Å²) < 4.78 is 78.3. The first kappa shape index (κ1) is 40.4. The average molecular weight is 776 g/mol. The maximum absolute atomic E-state index is 16.1. The molecule has 3 aromatic carbocycles. The Morgan fingerprint density at radius 3 is 2.41 bits per heavy atom. The number of alkyl halides is 4. The van der Waals surface area contributed by atoms with Crippen molar-refractivity contribution >= 4 is 23.5 Å². The van der Waals surface area contributed by atoms with Crippen molar-refractivity contribution in [2.45, 2.75) is 64.7 Å². The fourth-order valence-electron chi connectivity index (χ4n) is 6.64. The predicted molar refractivity (Wildman–Crippen MR) is 191 cm³/mol. The first-order valence-corrected chi connectivity index (χ1v) is 17.5. The molecule has 1 fully saturated rings. The number of nitrogens with one attached hydrogen (secondary N) is 1. The number of halogens is 6. The molecule has 0 bridgehead atoms. The number of aromatic hydroxyl groups is 1. The molecule has 9 nitrogen and oxygen atoms in total. The number of hydrogen-bond donors (Lipinski definition) is 3. The molecule has 1 unspecified atom stereocenters. The quantitative estimate of drug-likeness (QED) is 0.102. The molecule has 1 aliphatic rings. The number of phenols is 1. The number of amides is 1. The molecule has 1 amide bonds. The Morgan fingerprint density at radius 1 is 1.06 bits per heavy atom. The van der Waals surface area contributed by atoms with Crippen molar-refractivity contribution in [3.8, 4) is 16.9 Å². The molecule has 1 aliphatic heterocycles. The van der Waals surface area contributed by atoms with E-state index in [1.165, 1.54) is 43.3 Å². The van der Waals surface area contributed by atoms with Gasteiger partial charge >= 0.3 is 12.1 Å². The van der Waals surface area contributed by atoms with Gasteiger partial charge in [-0.2, -0.15) is 13.2 Å². The second-order valence-electron chi connectivity index (χ2n) is 13.2. The number of hydrogen-bond acceptors (Lipinski definition) is 7. The van der Waals surface area contributed by atoms with Crippen LogP contribution < -0.4 is 10.9 Å². The van der Waals surface area contributed by atoms with Gasteiger partial charge in [0.15, 0.2) is 0 Å². The number of aromatic nitrogens is 1. The SMILES string of the molecule is CCOC(=O)C[C@H](NC(=O)C(c1cc(CO)ccc1Cl)n1cc(CCN2CC(F)C2)c(C(F)(F)F)cc1=O)c1cc(-c2c(C)cccc2O)cc(C)c1F. The summed E-state index contributed by atoms with van der Waals surface area (Å²) in [5.74, 6) is -2.78. The zero-order valence-electron chi connectivity index (χ0n) is 29.6. The van der Waals surface area contributed by atoms with Gasteiger partial charge in [0.1, 0.15) is 23.8 Å². The maximum Gasteiger partial charge on any atom is 0.416 e. The Hall–Kier alpha value is -4.79. The standard InChI is InChI=1S/C39H39ClF5N3O6/c1-4-54-34(52)16-31(28-14-25(12-22(3)36(28)42)35-21(2)6-5-7-32(35)50)46-38(53)37(27-13-23(20-49)8-9-30(27)40)48-17-24(10-11-47-18-26(41)19-47)29(15-33(48)51)39(43,44)45/h5-9,12-15,17,26,31,37,49-50H,4,10-11,16,18-20H2,1-3H3,(H,46,53)/t31-,37?/m0/s1. The van der Waals surface area contributed by atoms with Crippen LogP contribution in [0.1, 0.15) is 64.4 Å². The minimum Gasteiger partial charge on any atom is -0.507 e. The van der Waals surface area contributed by atoms with Crippen molar-refractivity contribution in [2.24, 2.45) is 0 Å². The van der Waals surface area contributed by atoms with Crippen LogP contribution in [0.5, 0.6) is 5.75 Å². The number of likely N-dealkylation sites (tertiary alicyclic amines) is 1.